The van der Waals surface area contributed by atoms with Gasteiger partial charge < -0.3 is 15.3 Å². The zero-order valence-electron chi connectivity index (χ0n) is 9.72. The number of aliphatic hydroxyl groups is 1. The van der Waals surface area contributed by atoms with Gasteiger partial charge in [-0.1, -0.05) is 6.92 Å². The Balaban J connectivity index is 1.99. The third-order valence-electron chi connectivity index (χ3n) is 2.40. The molecule has 0 bridgehead atoms. The van der Waals surface area contributed by atoms with Gasteiger partial charge in [-0.3, -0.25) is 0 Å². The van der Waals surface area contributed by atoms with Gasteiger partial charge in [0.2, 0.25) is 5.89 Å². The molecule has 1 atom stereocenters. The van der Waals surface area contributed by atoms with E-state index >= 15 is 0 Å². The number of nitrogen functional groups attached to an aromatic ring is 1. The Morgan fingerprint density at radius 2 is 2.35 bits per heavy atom. The van der Waals surface area contributed by atoms with E-state index in [1.807, 2.05) is 19.1 Å². The maximum Gasteiger partial charge on any atom is 0.205 e. The van der Waals surface area contributed by atoms with E-state index in [-0.39, 0.29) is 6.61 Å². The second kappa shape index (κ2) is 5.42. The fraction of sp³-hybridized carbons (Fsp3) is 0.417. The molecule has 4 nitrogen and oxygen atoms in total. The van der Waals surface area contributed by atoms with Gasteiger partial charge in [0.1, 0.15) is 5.52 Å². The Kier molecular flexibility index (Phi) is 3.91. The van der Waals surface area contributed by atoms with Gasteiger partial charge in [0.05, 0.1) is 5.75 Å². The molecular weight excluding hydrogens is 236 g/mol. The van der Waals surface area contributed by atoms with Crippen LogP contribution >= 0.6 is 11.8 Å². The van der Waals surface area contributed by atoms with E-state index < -0.39 is 0 Å². The molecule has 0 aliphatic heterocycles. The summed E-state index contributed by atoms with van der Waals surface area (Å²) < 4.78 is 5.59. The fourth-order valence-corrected chi connectivity index (χ4v) is 2.37. The van der Waals surface area contributed by atoms with Gasteiger partial charge in [-0.2, -0.15) is 11.8 Å². The number of aliphatic hydroxyl groups excluding tert-OH is 1. The summed E-state index contributed by atoms with van der Waals surface area (Å²) in [5, 5.41) is 8.91. The highest BCUT2D eigenvalue weighted by Crippen LogP contribution is 2.21. The van der Waals surface area contributed by atoms with Crippen LogP contribution in [0.4, 0.5) is 5.69 Å². The van der Waals surface area contributed by atoms with E-state index in [0.29, 0.717) is 17.5 Å². The van der Waals surface area contributed by atoms with Gasteiger partial charge in [-0.05, 0) is 23.8 Å². The Bertz CT molecular complexity index is 498. The number of hydrogen-bond acceptors (Lipinski definition) is 5. The van der Waals surface area contributed by atoms with Crippen LogP contribution in [0.3, 0.4) is 0 Å². The number of aromatic nitrogens is 1. The van der Waals surface area contributed by atoms with Crippen LogP contribution < -0.4 is 5.73 Å². The van der Waals surface area contributed by atoms with Crippen LogP contribution in [0.2, 0.25) is 0 Å². The monoisotopic (exact) mass is 252 g/mol. The van der Waals surface area contributed by atoms with Gasteiger partial charge in [0.15, 0.2) is 5.58 Å². The molecule has 0 amide bonds. The molecule has 17 heavy (non-hydrogen) atoms. The highest BCUT2D eigenvalue weighted by Gasteiger charge is 2.07. The minimum Gasteiger partial charge on any atom is -0.440 e. The smallest absolute Gasteiger partial charge is 0.205 e. The lowest BCUT2D eigenvalue weighted by Gasteiger charge is -2.04. The second-order valence-corrected chi connectivity index (χ2v) is 5.17. The number of thioether (sulfide) groups is 1. The number of benzene rings is 1. The molecule has 0 aliphatic rings. The quantitative estimate of drug-likeness (QED) is 0.799. The van der Waals surface area contributed by atoms with Crippen LogP contribution in [0, 0.1) is 5.92 Å². The highest BCUT2D eigenvalue weighted by molar-refractivity contribution is 7.98. The number of nitrogens with two attached hydrogens (primary N) is 1. The van der Waals surface area contributed by atoms with Crippen LogP contribution in [0.1, 0.15) is 12.8 Å². The van der Waals surface area contributed by atoms with Gasteiger partial charge >= 0.3 is 0 Å². The van der Waals surface area contributed by atoms with Crippen molar-refractivity contribution < 1.29 is 9.52 Å². The van der Waals surface area contributed by atoms with Gasteiger partial charge in [-0.25, -0.2) is 4.98 Å². The molecule has 0 fully saturated rings. The minimum atomic E-state index is 0.219. The molecule has 92 valence electrons. The zero-order valence-corrected chi connectivity index (χ0v) is 10.5. The SMILES string of the molecule is CC(CO)CSCc1nc2ccc(N)cc2o1. The molecule has 0 radical (unpaired) electrons. The van der Waals surface area contributed by atoms with E-state index in [0.717, 1.165) is 22.6 Å². The lowest BCUT2D eigenvalue weighted by molar-refractivity contribution is 0.250. The van der Waals surface area contributed by atoms with Crippen LogP contribution in [-0.2, 0) is 5.75 Å². The molecule has 0 saturated heterocycles. The first kappa shape index (κ1) is 12.3. The molecule has 1 unspecified atom stereocenters. The van der Waals surface area contributed by atoms with E-state index in [2.05, 4.69) is 4.98 Å². The van der Waals surface area contributed by atoms with Crippen molar-refractivity contribution in [2.24, 2.45) is 5.92 Å². The van der Waals surface area contributed by atoms with E-state index in [1.165, 1.54) is 0 Å². The van der Waals surface area contributed by atoms with E-state index in [1.54, 1.807) is 17.8 Å². The standard InChI is InChI=1S/C12H16N2O2S/c1-8(5-15)6-17-7-12-14-10-3-2-9(13)4-11(10)16-12/h2-4,8,15H,5-7,13H2,1H3. The number of nitrogens with zero attached hydrogens (tertiary/aromatic N) is 1. The Morgan fingerprint density at radius 3 is 3.12 bits per heavy atom. The minimum absolute atomic E-state index is 0.219. The molecule has 1 aromatic heterocycles. The maximum atomic E-state index is 8.91. The number of fused-ring (bicyclic) bond motifs is 1. The van der Waals surface area contributed by atoms with Gasteiger partial charge in [-0.15, -0.1) is 0 Å². The van der Waals surface area contributed by atoms with Crippen LogP contribution in [0.15, 0.2) is 22.6 Å². The maximum absolute atomic E-state index is 8.91. The van der Waals surface area contributed by atoms with Crippen molar-refractivity contribution in [1.82, 2.24) is 4.98 Å². The van der Waals surface area contributed by atoms with Gasteiger partial charge in [0.25, 0.3) is 0 Å². The predicted octanol–water partition coefficient (Wildman–Crippen LogP) is 2.27. The largest absolute Gasteiger partial charge is 0.440 e. The molecule has 2 aromatic rings. The lowest BCUT2D eigenvalue weighted by Crippen LogP contribution is -2.03. The summed E-state index contributed by atoms with van der Waals surface area (Å²) in [5.41, 5.74) is 7.92. The van der Waals surface area contributed by atoms with Crippen molar-refractivity contribution in [1.29, 1.82) is 0 Å². The highest BCUT2D eigenvalue weighted by atomic mass is 32.2. The Hall–Kier alpha value is -1.20. The molecule has 0 aliphatic carbocycles. The molecule has 0 spiro atoms. The molecule has 0 saturated carbocycles. The zero-order chi connectivity index (χ0) is 12.3. The summed E-state index contributed by atoms with van der Waals surface area (Å²) in [4.78, 5) is 4.37. The summed E-state index contributed by atoms with van der Waals surface area (Å²) in [6, 6.07) is 5.46. The summed E-state index contributed by atoms with van der Waals surface area (Å²) in [7, 11) is 0. The van der Waals surface area contributed by atoms with Crippen molar-refractivity contribution in [2.45, 2.75) is 12.7 Å². The third kappa shape index (κ3) is 3.14. The van der Waals surface area contributed by atoms with E-state index in [9.17, 15) is 0 Å². The predicted molar refractivity (Wildman–Crippen MR) is 70.8 cm³/mol. The fourth-order valence-electron chi connectivity index (χ4n) is 1.45. The Morgan fingerprint density at radius 1 is 1.53 bits per heavy atom. The van der Waals surface area contributed by atoms with Crippen molar-refractivity contribution in [3.8, 4) is 0 Å². The first-order chi connectivity index (χ1) is 8.19. The lowest BCUT2D eigenvalue weighted by atomic mass is 10.2. The molecule has 1 heterocycles. The summed E-state index contributed by atoms with van der Waals surface area (Å²) >= 11 is 1.71. The topological polar surface area (TPSA) is 72.3 Å². The van der Waals surface area contributed by atoms with Crippen molar-refractivity contribution in [3.05, 3.63) is 24.1 Å². The van der Waals surface area contributed by atoms with E-state index in [4.69, 9.17) is 15.3 Å². The number of oxazole rings is 1. The summed E-state index contributed by atoms with van der Waals surface area (Å²) in [6.07, 6.45) is 0. The van der Waals surface area contributed by atoms with Gasteiger partial charge in [0, 0.05) is 18.4 Å². The number of anilines is 1. The van der Waals surface area contributed by atoms with Crippen LogP contribution in [-0.4, -0.2) is 22.5 Å². The average Bonchev–Trinajstić information content (AvgIpc) is 2.70. The van der Waals surface area contributed by atoms with Crippen molar-refractivity contribution >= 4 is 28.5 Å². The van der Waals surface area contributed by atoms with Crippen LogP contribution in [0.5, 0.6) is 0 Å². The normalized spacial score (nSPS) is 13.1. The molecular formula is C12H16N2O2S. The molecule has 5 heteroatoms. The van der Waals surface area contributed by atoms with Crippen LogP contribution in [0.25, 0.3) is 11.1 Å². The number of hydrogen-bond donors (Lipinski definition) is 2. The molecule has 1 aromatic carbocycles. The molecule has 2 rings (SSSR count). The van der Waals surface area contributed by atoms with Crippen molar-refractivity contribution in [2.75, 3.05) is 18.1 Å². The Labute approximate surface area is 104 Å². The number of rotatable bonds is 5. The first-order valence-electron chi connectivity index (χ1n) is 5.52. The molecule has 3 N–H and O–H groups in total. The summed E-state index contributed by atoms with van der Waals surface area (Å²) in [5.74, 6) is 2.64. The summed E-state index contributed by atoms with van der Waals surface area (Å²) in [6.45, 7) is 2.23. The second-order valence-electron chi connectivity index (χ2n) is 4.14. The third-order valence-corrected chi connectivity index (χ3v) is 3.65. The first-order valence-corrected chi connectivity index (χ1v) is 6.68. The average molecular weight is 252 g/mol. The van der Waals surface area contributed by atoms with Crippen molar-refractivity contribution in [3.63, 3.8) is 0 Å².